The lowest BCUT2D eigenvalue weighted by Gasteiger charge is -2.19. The van der Waals surface area contributed by atoms with Crippen molar-refractivity contribution in [3.05, 3.63) is 34.7 Å². The molecule has 0 bridgehead atoms. The van der Waals surface area contributed by atoms with Crippen molar-refractivity contribution in [3.8, 4) is 0 Å². The Hall–Kier alpha value is -1.91. The van der Waals surface area contributed by atoms with Crippen LogP contribution in [0.2, 0.25) is 0 Å². The van der Waals surface area contributed by atoms with Crippen molar-refractivity contribution in [1.29, 1.82) is 0 Å². The first-order valence-corrected chi connectivity index (χ1v) is 12.8. The first-order valence-electron chi connectivity index (χ1n) is 9.68. The van der Waals surface area contributed by atoms with Crippen LogP contribution in [0.25, 0.3) is 6.08 Å². The summed E-state index contributed by atoms with van der Waals surface area (Å²) in [4.78, 5) is 28.1. The fourth-order valence-corrected chi connectivity index (χ4v) is 4.63. The molecule has 164 valence electrons. The lowest BCUT2D eigenvalue weighted by atomic mass is 10.1. The van der Waals surface area contributed by atoms with Crippen LogP contribution in [0.3, 0.4) is 0 Å². The van der Waals surface area contributed by atoms with Crippen LogP contribution in [0.5, 0.6) is 0 Å². The van der Waals surface area contributed by atoms with Gasteiger partial charge in [0.25, 0.3) is 11.8 Å². The predicted molar refractivity (Wildman–Crippen MR) is 127 cm³/mol. The number of anilines is 1. The van der Waals surface area contributed by atoms with E-state index in [4.69, 9.17) is 12.2 Å². The molecule has 1 aliphatic rings. The molecule has 0 aromatic heterocycles. The summed E-state index contributed by atoms with van der Waals surface area (Å²) in [5.74, 6) is -1.22. The highest BCUT2D eigenvalue weighted by molar-refractivity contribution is 8.26. The number of thiocarbonyl (C=S) groups is 1. The van der Waals surface area contributed by atoms with E-state index >= 15 is 0 Å². The van der Waals surface area contributed by atoms with E-state index in [1.165, 1.54) is 19.3 Å². The van der Waals surface area contributed by atoms with Gasteiger partial charge in [0.2, 0.25) is 10.0 Å². The van der Waals surface area contributed by atoms with E-state index in [-0.39, 0.29) is 4.32 Å². The molecule has 1 N–H and O–H groups in total. The first-order chi connectivity index (χ1) is 14.1. The molecule has 2 amide bonds. The second-order valence-electron chi connectivity index (χ2n) is 7.14. The van der Waals surface area contributed by atoms with Gasteiger partial charge < -0.3 is 4.90 Å². The van der Waals surface area contributed by atoms with Gasteiger partial charge in [0.1, 0.15) is 10.9 Å². The molecule has 10 heteroatoms. The van der Waals surface area contributed by atoms with Crippen molar-refractivity contribution >= 4 is 61.9 Å². The molecule has 1 aliphatic heterocycles. The Morgan fingerprint density at radius 2 is 1.90 bits per heavy atom. The van der Waals surface area contributed by atoms with Crippen LogP contribution in [0.1, 0.15) is 38.2 Å². The predicted octanol–water partition coefficient (Wildman–Crippen LogP) is 2.98. The SMILES string of the molecule is CCCCCCN(C)c1ccc(/C=C2\SC(=S)N(CC(=O)NS(C)(=O)=O)C2=O)cc1. The zero-order chi connectivity index (χ0) is 22.3. The van der Waals surface area contributed by atoms with Gasteiger partial charge in [-0.15, -0.1) is 0 Å². The average Bonchev–Trinajstić information content (AvgIpc) is 2.91. The molecule has 1 fully saturated rings. The second kappa shape index (κ2) is 10.9. The van der Waals surface area contributed by atoms with Gasteiger partial charge >= 0.3 is 0 Å². The lowest BCUT2D eigenvalue weighted by Crippen LogP contribution is -2.41. The molecule has 1 heterocycles. The molecule has 0 atom stereocenters. The Bertz CT molecular complexity index is 927. The zero-order valence-electron chi connectivity index (χ0n) is 17.4. The number of amides is 2. The summed E-state index contributed by atoms with van der Waals surface area (Å²) < 4.78 is 24.4. The van der Waals surface area contributed by atoms with Crippen LogP contribution in [-0.4, -0.2) is 55.8 Å². The molecule has 1 aromatic rings. The van der Waals surface area contributed by atoms with Gasteiger partial charge in [0.05, 0.1) is 11.2 Å². The third kappa shape index (κ3) is 7.41. The Balaban J connectivity index is 2.00. The van der Waals surface area contributed by atoms with Gasteiger partial charge in [-0.25, -0.2) is 8.42 Å². The number of carbonyl (C=O) groups excluding carboxylic acids is 2. The van der Waals surface area contributed by atoms with Crippen molar-refractivity contribution < 1.29 is 18.0 Å². The van der Waals surface area contributed by atoms with Crippen LogP contribution in [0.15, 0.2) is 29.2 Å². The summed E-state index contributed by atoms with van der Waals surface area (Å²) >= 11 is 6.27. The molecule has 0 aliphatic carbocycles. The Kier molecular flexibility index (Phi) is 8.87. The summed E-state index contributed by atoms with van der Waals surface area (Å²) in [6, 6.07) is 7.87. The number of nitrogens with one attached hydrogen (secondary N) is 1. The van der Waals surface area contributed by atoms with Gasteiger partial charge in [-0.1, -0.05) is 62.3 Å². The Morgan fingerprint density at radius 1 is 1.23 bits per heavy atom. The van der Waals surface area contributed by atoms with Crippen LogP contribution in [0, 0.1) is 0 Å². The molecule has 0 saturated carbocycles. The number of hydrogen-bond acceptors (Lipinski definition) is 7. The van der Waals surface area contributed by atoms with Crippen LogP contribution >= 0.6 is 24.0 Å². The Labute approximate surface area is 187 Å². The molecular weight excluding hydrogens is 442 g/mol. The number of unbranched alkanes of at least 4 members (excludes halogenated alkanes) is 3. The van der Waals surface area contributed by atoms with Gasteiger partial charge in [0, 0.05) is 19.3 Å². The van der Waals surface area contributed by atoms with Crippen molar-refractivity contribution in [1.82, 2.24) is 9.62 Å². The van der Waals surface area contributed by atoms with Gasteiger partial charge in [0.15, 0.2) is 0 Å². The molecule has 0 radical (unpaired) electrons. The van der Waals surface area contributed by atoms with Crippen LogP contribution in [-0.2, 0) is 19.6 Å². The summed E-state index contributed by atoms with van der Waals surface area (Å²) in [7, 11) is -1.63. The van der Waals surface area contributed by atoms with E-state index in [9.17, 15) is 18.0 Å². The van der Waals surface area contributed by atoms with E-state index in [1.54, 1.807) is 6.08 Å². The zero-order valence-corrected chi connectivity index (χ0v) is 19.8. The number of rotatable bonds is 10. The molecule has 1 aromatic carbocycles. The summed E-state index contributed by atoms with van der Waals surface area (Å²) in [6.07, 6.45) is 7.44. The number of thioether (sulfide) groups is 1. The molecule has 7 nitrogen and oxygen atoms in total. The molecule has 0 unspecified atom stereocenters. The number of benzene rings is 1. The average molecular weight is 470 g/mol. The normalized spacial score (nSPS) is 15.7. The minimum atomic E-state index is -3.69. The van der Waals surface area contributed by atoms with E-state index in [0.29, 0.717) is 4.91 Å². The standard InChI is InChI=1S/C20H27N3O4S3/c1-4-5-6-7-12-22(2)16-10-8-15(9-11-16)13-17-19(25)23(20(28)29-17)14-18(24)21-30(3,26)27/h8-11,13H,4-7,12,14H2,1-3H3,(H,21,24)/b17-13-. The smallest absolute Gasteiger partial charge is 0.266 e. The van der Waals surface area contributed by atoms with Gasteiger partial charge in [-0.05, 0) is 30.2 Å². The van der Waals surface area contributed by atoms with E-state index in [1.807, 2.05) is 29.0 Å². The van der Waals surface area contributed by atoms with E-state index in [0.717, 1.165) is 47.1 Å². The highest BCUT2D eigenvalue weighted by Crippen LogP contribution is 2.32. The minimum absolute atomic E-state index is 0.221. The third-order valence-corrected chi connectivity index (χ3v) is 6.43. The van der Waals surface area contributed by atoms with Crippen molar-refractivity contribution in [2.75, 3.05) is 31.3 Å². The fourth-order valence-electron chi connectivity index (χ4n) is 2.90. The van der Waals surface area contributed by atoms with Crippen molar-refractivity contribution in [3.63, 3.8) is 0 Å². The van der Waals surface area contributed by atoms with E-state index < -0.39 is 28.4 Å². The lowest BCUT2D eigenvalue weighted by molar-refractivity contribution is -0.127. The summed E-state index contributed by atoms with van der Waals surface area (Å²) in [5.41, 5.74) is 1.95. The molecule has 0 spiro atoms. The molecule has 2 rings (SSSR count). The summed E-state index contributed by atoms with van der Waals surface area (Å²) in [5, 5.41) is 0. The largest absolute Gasteiger partial charge is 0.375 e. The van der Waals surface area contributed by atoms with Crippen LogP contribution < -0.4 is 9.62 Å². The maximum Gasteiger partial charge on any atom is 0.266 e. The fraction of sp³-hybridized carbons (Fsp3) is 0.450. The van der Waals surface area contributed by atoms with E-state index in [2.05, 4.69) is 18.9 Å². The quantitative estimate of drug-likeness (QED) is 0.320. The molecule has 1 saturated heterocycles. The minimum Gasteiger partial charge on any atom is -0.375 e. The topological polar surface area (TPSA) is 86.8 Å². The monoisotopic (exact) mass is 469 g/mol. The second-order valence-corrected chi connectivity index (χ2v) is 10.6. The number of hydrogen-bond donors (Lipinski definition) is 1. The van der Waals surface area contributed by atoms with Crippen molar-refractivity contribution in [2.24, 2.45) is 0 Å². The number of carbonyl (C=O) groups is 2. The summed E-state index contributed by atoms with van der Waals surface area (Å²) in [6.45, 7) is 2.75. The highest BCUT2D eigenvalue weighted by Gasteiger charge is 2.33. The first kappa shape index (κ1) is 24.4. The maximum absolute atomic E-state index is 12.6. The van der Waals surface area contributed by atoms with Gasteiger partial charge in [-0.2, -0.15) is 0 Å². The molecule has 30 heavy (non-hydrogen) atoms. The number of nitrogens with zero attached hydrogens (tertiary/aromatic N) is 2. The highest BCUT2D eigenvalue weighted by atomic mass is 32.2. The van der Waals surface area contributed by atoms with Gasteiger partial charge in [-0.3, -0.25) is 19.2 Å². The van der Waals surface area contributed by atoms with Crippen LogP contribution in [0.4, 0.5) is 5.69 Å². The number of sulfonamides is 1. The third-order valence-electron chi connectivity index (χ3n) is 4.45. The molecular formula is C20H27N3O4S3. The Morgan fingerprint density at radius 3 is 2.50 bits per heavy atom. The van der Waals surface area contributed by atoms with Crippen molar-refractivity contribution in [2.45, 2.75) is 32.6 Å². The maximum atomic E-state index is 12.6.